The molecule has 86 valence electrons. The Bertz CT molecular complexity index is 289. The molecule has 0 aliphatic rings. The van der Waals surface area contributed by atoms with Gasteiger partial charge in [0.15, 0.2) is 0 Å². The minimum atomic E-state index is 0.466. The maximum atomic E-state index is 4.10. The molecular weight excluding hydrogens is 186 g/mol. The minimum absolute atomic E-state index is 0.466. The summed E-state index contributed by atoms with van der Waals surface area (Å²) in [6.45, 7) is 10.0. The van der Waals surface area contributed by atoms with E-state index in [4.69, 9.17) is 0 Å². The number of aromatic nitrogens is 3. The third-order valence-electron chi connectivity index (χ3n) is 3.15. The fourth-order valence-electron chi connectivity index (χ4n) is 1.51. The van der Waals surface area contributed by atoms with Crippen LogP contribution in [0.2, 0.25) is 0 Å². The van der Waals surface area contributed by atoms with Crippen molar-refractivity contribution in [2.45, 2.75) is 59.9 Å². The van der Waals surface area contributed by atoms with Crippen LogP contribution in [0.1, 0.15) is 52.7 Å². The minimum Gasteiger partial charge on any atom is -0.252 e. The first-order valence-corrected chi connectivity index (χ1v) is 5.96. The van der Waals surface area contributed by atoms with Crippen LogP contribution in [0.5, 0.6) is 0 Å². The Morgan fingerprint density at radius 2 is 2.07 bits per heavy atom. The molecule has 0 spiro atoms. The highest BCUT2D eigenvalue weighted by atomic mass is 15.4. The van der Waals surface area contributed by atoms with Crippen LogP contribution in [0.25, 0.3) is 0 Å². The zero-order chi connectivity index (χ0) is 11.3. The average Bonchev–Trinajstić information content (AvgIpc) is 2.66. The van der Waals surface area contributed by atoms with Crippen molar-refractivity contribution in [2.75, 3.05) is 0 Å². The van der Waals surface area contributed by atoms with Gasteiger partial charge in [0.05, 0.1) is 5.69 Å². The van der Waals surface area contributed by atoms with Crippen molar-refractivity contribution in [3.05, 3.63) is 11.9 Å². The smallest absolute Gasteiger partial charge is 0.0824 e. The van der Waals surface area contributed by atoms with Gasteiger partial charge in [-0.2, -0.15) is 0 Å². The molecule has 0 aromatic carbocycles. The van der Waals surface area contributed by atoms with Crippen LogP contribution in [-0.2, 0) is 13.0 Å². The van der Waals surface area contributed by atoms with E-state index in [2.05, 4.69) is 44.2 Å². The van der Waals surface area contributed by atoms with Crippen LogP contribution in [0, 0.1) is 5.41 Å². The lowest BCUT2D eigenvalue weighted by Crippen LogP contribution is -2.11. The molecule has 15 heavy (non-hydrogen) atoms. The standard InChI is InChI=1S/C12H23N3/c1-5-11-10-15(14-13-11)9-7-8-12(3,4)6-2/h10H,5-9H2,1-4H3. The molecular formula is C12H23N3. The Morgan fingerprint density at radius 3 is 2.60 bits per heavy atom. The van der Waals surface area contributed by atoms with E-state index in [1.807, 2.05) is 4.68 Å². The van der Waals surface area contributed by atoms with Crippen molar-refractivity contribution >= 4 is 0 Å². The van der Waals surface area contributed by atoms with Gasteiger partial charge in [-0.3, -0.25) is 4.68 Å². The summed E-state index contributed by atoms with van der Waals surface area (Å²) in [6.07, 6.45) is 6.71. The number of hydrogen-bond donors (Lipinski definition) is 0. The zero-order valence-electron chi connectivity index (χ0n) is 10.5. The van der Waals surface area contributed by atoms with Crippen molar-refractivity contribution in [3.63, 3.8) is 0 Å². The van der Waals surface area contributed by atoms with E-state index in [9.17, 15) is 0 Å². The van der Waals surface area contributed by atoms with Crippen LogP contribution >= 0.6 is 0 Å². The van der Waals surface area contributed by atoms with E-state index < -0.39 is 0 Å². The van der Waals surface area contributed by atoms with Gasteiger partial charge in [-0.1, -0.05) is 39.3 Å². The van der Waals surface area contributed by atoms with Crippen LogP contribution in [-0.4, -0.2) is 15.0 Å². The Morgan fingerprint density at radius 1 is 1.33 bits per heavy atom. The largest absolute Gasteiger partial charge is 0.252 e. The van der Waals surface area contributed by atoms with Crippen LogP contribution < -0.4 is 0 Å². The maximum absolute atomic E-state index is 4.10. The summed E-state index contributed by atoms with van der Waals surface area (Å²) in [5.74, 6) is 0. The second-order valence-electron chi connectivity index (χ2n) is 4.95. The molecule has 3 heteroatoms. The van der Waals surface area contributed by atoms with Gasteiger partial charge in [-0.05, 0) is 24.7 Å². The van der Waals surface area contributed by atoms with Gasteiger partial charge < -0.3 is 0 Å². The topological polar surface area (TPSA) is 30.7 Å². The SMILES string of the molecule is CCc1cn(CCCC(C)(C)CC)nn1. The summed E-state index contributed by atoms with van der Waals surface area (Å²) < 4.78 is 1.96. The first kappa shape index (κ1) is 12.2. The number of rotatable bonds is 6. The molecule has 1 heterocycles. The van der Waals surface area contributed by atoms with E-state index in [1.165, 1.54) is 19.3 Å². The molecule has 0 amide bonds. The van der Waals surface area contributed by atoms with Gasteiger partial charge in [0.1, 0.15) is 0 Å². The molecule has 3 nitrogen and oxygen atoms in total. The molecule has 1 aromatic rings. The third-order valence-corrected chi connectivity index (χ3v) is 3.15. The molecule has 0 bridgehead atoms. The van der Waals surface area contributed by atoms with Gasteiger partial charge in [-0.25, -0.2) is 0 Å². The highest BCUT2D eigenvalue weighted by Crippen LogP contribution is 2.26. The Hall–Kier alpha value is -0.860. The summed E-state index contributed by atoms with van der Waals surface area (Å²) in [7, 11) is 0. The summed E-state index contributed by atoms with van der Waals surface area (Å²) in [4.78, 5) is 0. The van der Waals surface area contributed by atoms with Crippen LogP contribution in [0.4, 0.5) is 0 Å². The highest BCUT2D eigenvalue weighted by Gasteiger charge is 2.14. The lowest BCUT2D eigenvalue weighted by molar-refractivity contribution is 0.301. The summed E-state index contributed by atoms with van der Waals surface area (Å²) in [6, 6.07) is 0. The highest BCUT2D eigenvalue weighted by molar-refractivity contribution is 4.90. The van der Waals surface area contributed by atoms with Gasteiger partial charge in [0, 0.05) is 12.7 Å². The molecule has 0 N–H and O–H groups in total. The van der Waals surface area contributed by atoms with E-state index in [1.54, 1.807) is 0 Å². The molecule has 0 aliphatic heterocycles. The lowest BCUT2D eigenvalue weighted by atomic mass is 9.85. The number of aryl methyl sites for hydroxylation is 2. The fourth-order valence-corrected chi connectivity index (χ4v) is 1.51. The van der Waals surface area contributed by atoms with Crippen molar-refractivity contribution in [1.29, 1.82) is 0 Å². The zero-order valence-corrected chi connectivity index (χ0v) is 10.5. The molecule has 0 saturated heterocycles. The predicted molar refractivity (Wildman–Crippen MR) is 62.7 cm³/mol. The van der Waals surface area contributed by atoms with Crippen LogP contribution in [0.3, 0.4) is 0 Å². The van der Waals surface area contributed by atoms with Gasteiger partial charge in [-0.15, -0.1) is 5.10 Å². The van der Waals surface area contributed by atoms with Gasteiger partial charge in [0.2, 0.25) is 0 Å². The lowest BCUT2D eigenvalue weighted by Gasteiger charge is -2.21. The third kappa shape index (κ3) is 4.02. The first-order chi connectivity index (χ1) is 7.07. The molecule has 0 aliphatic carbocycles. The quantitative estimate of drug-likeness (QED) is 0.721. The molecule has 0 radical (unpaired) electrons. The maximum Gasteiger partial charge on any atom is 0.0824 e. The Kier molecular flexibility index (Phi) is 4.30. The van der Waals surface area contributed by atoms with Gasteiger partial charge >= 0.3 is 0 Å². The van der Waals surface area contributed by atoms with Crippen molar-refractivity contribution in [3.8, 4) is 0 Å². The van der Waals surface area contributed by atoms with Crippen molar-refractivity contribution in [1.82, 2.24) is 15.0 Å². The Balaban J connectivity index is 2.31. The molecule has 0 atom stereocenters. The molecule has 0 saturated carbocycles. The first-order valence-electron chi connectivity index (χ1n) is 5.96. The molecule has 1 rings (SSSR count). The number of nitrogens with zero attached hydrogens (tertiary/aromatic N) is 3. The molecule has 0 fully saturated rings. The monoisotopic (exact) mass is 209 g/mol. The summed E-state index contributed by atoms with van der Waals surface area (Å²) in [5.41, 5.74) is 1.55. The van der Waals surface area contributed by atoms with Gasteiger partial charge in [0.25, 0.3) is 0 Å². The second-order valence-corrected chi connectivity index (χ2v) is 4.95. The van der Waals surface area contributed by atoms with Crippen LogP contribution in [0.15, 0.2) is 6.20 Å². The van der Waals surface area contributed by atoms with E-state index in [0.717, 1.165) is 18.7 Å². The van der Waals surface area contributed by atoms with Crippen molar-refractivity contribution < 1.29 is 0 Å². The summed E-state index contributed by atoms with van der Waals surface area (Å²) >= 11 is 0. The van der Waals surface area contributed by atoms with Crippen molar-refractivity contribution in [2.24, 2.45) is 5.41 Å². The predicted octanol–water partition coefficient (Wildman–Crippen LogP) is 3.06. The summed E-state index contributed by atoms with van der Waals surface area (Å²) in [5, 5.41) is 8.18. The van der Waals surface area contributed by atoms with E-state index in [-0.39, 0.29) is 0 Å². The molecule has 0 unspecified atom stereocenters. The Labute approximate surface area is 92.9 Å². The molecule has 1 aromatic heterocycles. The van der Waals surface area contributed by atoms with E-state index >= 15 is 0 Å². The number of hydrogen-bond acceptors (Lipinski definition) is 2. The second kappa shape index (κ2) is 5.29. The van der Waals surface area contributed by atoms with E-state index in [0.29, 0.717) is 5.41 Å². The fraction of sp³-hybridized carbons (Fsp3) is 0.833. The normalized spacial score (nSPS) is 12.0. The average molecular weight is 209 g/mol.